The van der Waals surface area contributed by atoms with Crippen molar-refractivity contribution in [2.45, 2.75) is 37.1 Å². The molecule has 0 aromatic heterocycles. The van der Waals surface area contributed by atoms with Crippen molar-refractivity contribution >= 4 is 18.0 Å². The van der Waals surface area contributed by atoms with Crippen LogP contribution < -0.4 is 10.6 Å². The third-order valence-corrected chi connectivity index (χ3v) is 5.45. The van der Waals surface area contributed by atoms with E-state index in [0.717, 1.165) is 22.3 Å². The fourth-order valence-corrected chi connectivity index (χ4v) is 3.76. The Balaban J connectivity index is 1.63. The number of aliphatic hydroxyl groups is 1. The van der Waals surface area contributed by atoms with Gasteiger partial charge in [0, 0.05) is 12.3 Å². The number of hydrogen-bond donors (Lipinski definition) is 4. The summed E-state index contributed by atoms with van der Waals surface area (Å²) in [5.41, 5.74) is 3.93. The third-order valence-electron chi connectivity index (χ3n) is 5.45. The first kappa shape index (κ1) is 25.0. The second-order valence-corrected chi connectivity index (χ2v) is 7.76. The maximum Gasteiger partial charge on any atom is 0.416 e. The van der Waals surface area contributed by atoms with Crippen molar-refractivity contribution in [3.8, 4) is 11.1 Å². The average Bonchev–Trinajstić information content (AvgIpc) is 3.11. The lowest BCUT2D eigenvalue weighted by Crippen LogP contribution is -2.50. The number of hydrogen-bond acceptors (Lipinski definition) is 5. The number of alkyl halides is 3. The van der Waals surface area contributed by atoms with Crippen molar-refractivity contribution in [1.29, 1.82) is 0 Å². The average molecular weight is 480 g/mol. The highest BCUT2D eigenvalue weighted by atomic mass is 19.4. The predicted molar refractivity (Wildman–Crippen MR) is 114 cm³/mol. The molecule has 2 unspecified atom stereocenters. The van der Waals surface area contributed by atoms with Crippen LogP contribution in [-0.4, -0.2) is 59.7 Å². The standard InChI is InChI=1S/C23H23F3N2O6/c24-23(25,26)19(29)11-27-21(32)18(9-10-20(30)31)28-22(33)34-12-17-15-7-3-1-5-13(15)14-6-2-4-8-16(14)17/h1-8,17-19,29H,9-12H2,(H,27,32)(H,28,33)(H,30,31). The summed E-state index contributed by atoms with van der Waals surface area (Å²) in [7, 11) is 0. The van der Waals surface area contributed by atoms with Crippen LogP contribution >= 0.6 is 0 Å². The summed E-state index contributed by atoms with van der Waals surface area (Å²) in [4.78, 5) is 35.5. The number of carbonyl (C=O) groups excluding carboxylic acids is 2. The molecule has 0 saturated carbocycles. The Morgan fingerprint density at radius 3 is 2.09 bits per heavy atom. The van der Waals surface area contributed by atoms with E-state index in [9.17, 15) is 27.6 Å². The van der Waals surface area contributed by atoms with E-state index in [1.54, 1.807) is 0 Å². The SMILES string of the molecule is O=C(O)CCC(NC(=O)OCC1c2ccccc2-c2ccccc21)C(=O)NCC(O)C(F)(F)F. The van der Waals surface area contributed by atoms with Crippen LogP contribution in [0.1, 0.15) is 29.9 Å². The Labute approximate surface area is 192 Å². The summed E-state index contributed by atoms with van der Waals surface area (Å²) in [6.07, 6.45) is -9.67. The van der Waals surface area contributed by atoms with E-state index in [0.29, 0.717) is 0 Å². The van der Waals surface area contributed by atoms with Crippen LogP contribution in [0, 0.1) is 0 Å². The Bertz CT molecular complexity index is 1010. The highest BCUT2D eigenvalue weighted by Gasteiger charge is 2.38. The fourth-order valence-electron chi connectivity index (χ4n) is 3.76. The van der Waals surface area contributed by atoms with Gasteiger partial charge < -0.3 is 25.6 Å². The first-order chi connectivity index (χ1) is 16.1. The second-order valence-electron chi connectivity index (χ2n) is 7.76. The fraction of sp³-hybridized carbons (Fsp3) is 0.348. The minimum Gasteiger partial charge on any atom is -0.481 e. The van der Waals surface area contributed by atoms with Crippen LogP contribution in [0.2, 0.25) is 0 Å². The quantitative estimate of drug-likeness (QED) is 0.438. The molecule has 11 heteroatoms. The van der Waals surface area contributed by atoms with Crippen molar-refractivity contribution in [3.05, 3.63) is 59.7 Å². The summed E-state index contributed by atoms with van der Waals surface area (Å²) in [6.45, 7) is -1.21. The van der Waals surface area contributed by atoms with Gasteiger partial charge in [-0.1, -0.05) is 48.5 Å². The van der Waals surface area contributed by atoms with Gasteiger partial charge in [-0.3, -0.25) is 9.59 Å². The van der Waals surface area contributed by atoms with Crippen molar-refractivity contribution < 1.29 is 42.5 Å². The number of halogens is 3. The van der Waals surface area contributed by atoms with Crippen molar-refractivity contribution in [3.63, 3.8) is 0 Å². The molecule has 0 heterocycles. The highest BCUT2D eigenvalue weighted by molar-refractivity contribution is 5.86. The number of rotatable bonds is 9. The molecule has 1 aliphatic rings. The largest absolute Gasteiger partial charge is 0.481 e. The van der Waals surface area contributed by atoms with Crippen molar-refractivity contribution in [2.24, 2.45) is 0 Å². The Morgan fingerprint density at radius 2 is 1.56 bits per heavy atom. The molecule has 0 fully saturated rings. The van der Waals surface area contributed by atoms with Gasteiger partial charge in [-0.15, -0.1) is 0 Å². The molecule has 0 radical (unpaired) electrons. The highest BCUT2D eigenvalue weighted by Crippen LogP contribution is 2.44. The molecule has 2 aromatic carbocycles. The smallest absolute Gasteiger partial charge is 0.416 e. The van der Waals surface area contributed by atoms with Crippen LogP contribution in [0.5, 0.6) is 0 Å². The first-order valence-electron chi connectivity index (χ1n) is 10.4. The lowest BCUT2D eigenvalue weighted by molar-refractivity contribution is -0.201. The summed E-state index contributed by atoms with van der Waals surface area (Å²) in [5.74, 6) is -2.59. The van der Waals surface area contributed by atoms with E-state index in [1.165, 1.54) is 0 Å². The van der Waals surface area contributed by atoms with E-state index in [4.69, 9.17) is 14.9 Å². The van der Waals surface area contributed by atoms with Gasteiger partial charge in [-0.2, -0.15) is 13.2 Å². The number of benzene rings is 2. The molecule has 8 nitrogen and oxygen atoms in total. The molecule has 4 N–H and O–H groups in total. The monoisotopic (exact) mass is 480 g/mol. The first-order valence-corrected chi connectivity index (χ1v) is 10.4. The summed E-state index contributed by atoms with van der Waals surface area (Å²) in [5, 5.41) is 22.0. The number of aliphatic carboxylic acids is 1. The van der Waals surface area contributed by atoms with Gasteiger partial charge in [-0.25, -0.2) is 4.79 Å². The van der Waals surface area contributed by atoms with E-state index < -0.39 is 49.3 Å². The molecule has 182 valence electrons. The number of carboxylic acid groups (broad SMARTS) is 1. The summed E-state index contributed by atoms with van der Waals surface area (Å²) in [6, 6.07) is 13.8. The third kappa shape index (κ3) is 6.04. The molecular formula is C23H23F3N2O6. The predicted octanol–water partition coefficient (Wildman–Crippen LogP) is 2.80. The Morgan fingerprint density at radius 1 is 1.00 bits per heavy atom. The molecule has 34 heavy (non-hydrogen) atoms. The maximum absolute atomic E-state index is 12.5. The van der Waals surface area contributed by atoms with Gasteiger partial charge in [0.05, 0.1) is 6.54 Å². The molecule has 0 aliphatic heterocycles. The van der Waals surface area contributed by atoms with Crippen molar-refractivity contribution in [1.82, 2.24) is 10.6 Å². The number of ether oxygens (including phenoxy) is 1. The second kappa shape index (κ2) is 10.6. The van der Waals surface area contributed by atoms with Crippen LogP contribution in [0.25, 0.3) is 11.1 Å². The summed E-state index contributed by atoms with van der Waals surface area (Å²) < 4.78 is 42.7. The number of aliphatic hydroxyl groups excluding tert-OH is 1. The molecule has 2 aromatic rings. The number of amides is 2. The molecule has 0 bridgehead atoms. The Kier molecular flexibility index (Phi) is 7.77. The Hall–Kier alpha value is -3.60. The van der Waals surface area contributed by atoms with Gasteiger partial charge in [0.25, 0.3) is 0 Å². The van der Waals surface area contributed by atoms with E-state index in [-0.39, 0.29) is 18.9 Å². The van der Waals surface area contributed by atoms with Gasteiger partial charge in [0.2, 0.25) is 5.91 Å². The topological polar surface area (TPSA) is 125 Å². The molecule has 1 aliphatic carbocycles. The lowest BCUT2D eigenvalue weighted by Gasteiger charge is -2.21. The van der Waals surface area contributed by atoms with E-state index >= 15 is 0 Å². The zero-order chi connectivity index (χ0) is 24.9. The van der Waals surface area contributed by atoms with E-state index in [2.05, 4.69) is 5.32 Å². The number of fused-ring (bicyclic) bond motifs is 3. The number of carbonyl (C=O) groups is 3. The maximum atomic E-state index is 12.5. The van der Waals surface area contributed by atoms with Gasteiger partial charge >= 0.3 is 18.2 Å². The minimum absolute atomic E-state index is 0.0695. The van der Waals surface area contributed by atoms with Crippen molar-refractivity contribution in [2.75, 3.05) is 13.2 Å². The molecular weight excluding hydrogens is 457 g/mol. The van der Waals surface area contributed by atoms with Gasteiger partial charge in [0.15, 0.2) is 6.10 Å². The van der Waals surface area contributed by atoms with Crippen LogP contribution in [-0.2, 0) is 14.3 Å². The minimum atomic E-state index is -4.94. The normalized spacial score (nSPS) is 14.5. The molecule has 0 spiro atoms. The number of nitrogens with one attached hydrogen (secondary N) is 2. The van der Waals surface area contributed by atoms with E-state index in [1.807, 2.05) is 53.8 Å². The number of alkyl carbamates (subject to hydrolysis) is 1. The van der Waals surface area contributed by atoms with Crippen LogP contribution in [0.15, 0.2) is 48.5 Å². The molecule has 0 saturated heterocycles. The van der Waals surface area contributed by atoms with Crippen LogP contribution in [0.4, 0.5) is 18.0 Å². The van der Waals surface area contributed by atoms with Gasteiger partial charge in [0.1, 0.15) is 12.6 Å². The molecule has 2 atom stereocenters. The lowest BCUT2D eigenvalue weighted by atomic mass is 9.98. The molecule has 3 rings (SSSR count). The van der Waals surface area contributed by atoms with Crippen LogP contribution in [0.3, 0.4) is 0 Å². The zero-order valence-electron chi connectivity index (χ0n) is 17.8. The zero-order valence-corrected chi connectivity index (χ0v) is 17.8. The van der Waals surface area contributed by atoms with Gasteiger partial charge in [-0.05, 0) is 28.7 Å². The number of carboxylic acids is 1. The summed E-state index contributed by atoms with van der Waals surface area (Å²) >= 11 is 0. The molecule has 2 amide bonds.